The van der Waals surface area contributed by atoms with Crippen LogP contribution in [0.25, 0.3) is 0 Å². The van der Waals surface area contributed by atoms with Crippen LogP contribution in [0.4, 0.5) is 0 Å². The average molecular weight is 377 g/mol. The van der Waals surface area contributed by atoms with Crippen LogP contribution in [0.2, 0.25) is 0 Å². The second kappa shape index (κ2) is 13.3. The first-order valence-electron chi connectivity index (χ1n) is 10.5. The monoisotopic (exact) mass is 376 g/mol. The van der Waals surface area contributed by atoms with Crippen LogP contribution in [0, 0.1) is 5.41 Å². The SMILES string of the molecule is CCCCCCCCOC(=O)C(CC)(CC)C(=O)OCCc1ccccc1. The first-order valence-corrected chi connectivity index (χ1v) is 10.5. The van der Waals surface area contributed by atoms with E-state index >= 15 is 0 Å². The largest absolute Gasteiger partial charge is 0.465 e. The van der Waals surface area contributed by atoms with Crippen molar-refractivity contribution in [2.75, 3.05) is 13.2 Å². The summed E-state index contributed by atoms with van der Waals surface area (Å²) in [5.41, 5.74) is -0.0756. The molecule has 0 saturated carbocycles. The van der Waals surface area contributed by atoms with E-state index in [0.29, 0.717) is 25.9 Å². The molecule has 0 atom stereocenters. The summed E-state index contributed by atoms with van der Waals surface area (Å²) in [4.78, 5) is 25.3. The van der Waals surface area contributed by atoms with Crippen LogP contribution in [-0.2, 0) is 25.5 Å². The van der Waals surface area contributed by atoms with E-state index in [1.165, 1.54) is 25.7 Å². The van der Waals surface area contributed by atoms with Gasteiger partial charge in [0.25, 0.3) is 0 Å². The Morgan fingerprint density at radius 3 is 1.93 bits per heavy atom. The number of carbonyl (C=O) groups is 2. The predicted octanol–water partition coefficient (Wildman–Crippen LogP) is 5.48. The third-order valence-electron chi connectivity index (χ3n) is 5.19. The standard InChI is InChI=1S/C23H36O4/c1-4-7-8-9-10-14-18-26-21(24)23(5-2,6-3)22(25)27-19-17-20-15-12-11-13-16-20/h11-13,15-16H,4-10,14,17-19H2,1-3H3. The summed E-state index contributed by atoms with van der Waals surface area (Å²) >= 11 is 0. The smallest absolute Gasteiger partial charge is 0.323 e. The highest BCUT2D eigenvalue weighted by molar-refractivity contribution is 6.00. The zero-order valence-corrected chi connectivity index (χ0v) is 17.3. The van der Waals surface area contributed by atoms with Crippen LogP contribution in [0.3, 0.4) is 0 Å². The summed E-state index contributed by atoms with van der Waals surface area (Å²) in [6, 6.07) is 9.86. The molecule has 0 fully saturated rings. The topological polar surface area (TPSA) is 52.6 Å². The van der Waals surface area contributed by atoms with Crippen molar-refractivity contribution in [1.82, 2.24) is 0 Å². The minimum Gasteiger partial charge on any atom is -0.465 e. The summed E-state index contributed by atoms with van der Waals surface area (Å²) in [5, 5.41) is 0. The van der Waals surface area contributed by atoms with E-state index in [1.807, 2.05) is 44.2 Å². The molecule has 0 spiro atoms. The van der Waals surface area contributed by atoms with E-state index in [0.717, 1.165) is 18.4 Å². The quantitative estimate of drug-likeness (QED) is 0.245. The van der Waals surface area contributed by atoms with Crippen molar-refractivity contribution in [2.24, 2.45) is 5.41 Å². The fraction of sp³-hybridized carbons (Fsp3) is 0.652. The number of hydrogen-bond donors (Lipinski definition) is 0. The Kier molecular flexibility index (Phi) is 11.5. The van der Waals surface area contributed by atoms with Gasteiger partial charge in [0, 0.05) is 6.42 Å². The van der Waals surface area contributed by atoms with Crippen LogP contribution < -0.4 is 0 Å². The minimum atomic E-state index is -1.18. The summed E-state index contributed by atoms with van der Waals surface area (Å²) in [7, 11) is 0. The number of esters is 2. The van der Waals surface area contributed by atoms with Crippen LogP contribution >= 0.6 is 0 Å². The van der Waals surface area contributed by atoms with Crippen molar-refractivity contribution in [1.29, 1.82) is 0 Å². The lowest BCUT2D eigenvalue weighted by atomic mass is 9.82. The first kappa shape index (κ1) is 23.2. The van der Waals surface area contributed by atoms with Crippen molar-refractivity contribution in [3.05, 3.63) is 35.9 Å². The molecular weight excluding hydrogens is 340 g/mol. The molecule has 152 valence electrons. The molecule has 0 aliphatic carbocycles. The Labute approximate surface area is 164 Å². The van der Waals surface area contributed by atoms with Crippen molar-refractivity contribution >= 4 is 11.9 Å². The molecule has 0 unspecified atom stereocenters. The molecule has 0 heterocycles. The molecule has 1 aromatic carbocycles. The Hall–Kier alpha value is -1.84. The van der Waals surface area contributed by atoms with Crippen LogP contribution in [0.15, 0.2) is 30.3 Å². The normalized spacial score (nSPS) is 11.2. The molecule has 0 radical (unpaired) electrons. The number of carbonyl (C=O) groups excluding carboxylic acids is 2. The van der Waals surface area contributed by atoms with Gasteiger partial charge in [-0.1, -0.05) is 83.2 Å². The summed E-state index contributed by atoms with van der Waals surface area (Å²) in [5.74, 6) is -0.901. The van der Waals surface area contributed by atoms with Gasteiger partial charge < -0.3 is 9.47 Å². The number of benzene rings is 1. The minimum absolute atomic E-state index is 0.273. The maximum absolute atomic E-state index is 12.6. The molecule has 0 amide bonds. The lowest BCUT2D eigenvalue weighted by molar-refractivity contribution is -0.173. The van der Waals surface area contributed by atoms with E-state index in [9.17, 15) is 9.59 Å². The van der Waals surface area contributed by atoms with E-state index in [4.69, 9.17) is 9.47 Å². The fourth-order valence-electron chi connectivity index (χ4n) is 3.14. The third kappa shape index (κ3) is 7.74. The van der Waals surface area contributed by atoms with E-state index < -0.39 is 17.4 Å². The molecular formula is C23H36O4. The van der Waals surface area contributed by atoms with E-state index in [-0.39, 0.29) is 6.61 Å². The molecule has 27 heavy (non-hydrogen) atoms. The summed E-state index contributed by atoms with van der Waals surface area (Å²) in [6.45, 7) is 6.52. The number of unbranched alkanes of at least 4 members (excludes halogenated alkanes) is 5. The van der Waals surface area contributed by atoms with Gasteiger partial charge >= 0.3 is 11.9 Å². The van der Waals surface area contributed by atoms with Crippen LogP contribution in [0.1, 0.15) is 77.7 Å². The number of rotatable bonds is 14. The molecule has 0 aliphatic heterocycles. The molecule has 4 heteroatoms. The van der Waals surface area contributed by atoms with Crippen LogP contribution in [-0.4, -0.2) is 25.2 Å². The van der Waals surface area contributed by atoms with E-state index in [2.05, 4.69) is 6.92 Å². The van der Waals surface area contributed by atoms with Gasteiger partial charge in [-0.15, -0.1) is 0 Å². The highest BCUT2D eigenvalue weighted by atomic mass is 16.6. The average Bonchev–Trinajstić information content (AvgIpc) is 2.69. The second-order valence-electron chi connectivity index (χ2n) is 7.06. The first-order chi connectivity index (χ1) is 13.1. The molecule has 0 aromatic heterocycles. The zero-order valence-electron chi connectivity index (χ0n) is 17.3. The molecule has 0 bridgehead atoms. The second-order valence-corrected chi connectivity index (χ2v) is 7.06. The molecule has 4 nitrogen and oxygen atoms in total. The van der Waals surface area contributed by atoms with Gasteiger partial charge in [-0.3, -0.25) is 9.59 Å². The number of ether oxygens (including phenoxy) is 2. The lowest BCUT2D eigenvalue weighted by Crippen LogP contribution is -2.41. The van der Waals surface area contributed by atoms with Crippen molar-refractivity contribution < 1.29 is 19.1 Å². The van der Waals surface area contributed by atoms with Crippen LogP contribution in [0.5, 0.6) is 0 Å². The molecule has 0 saturated heterocycles. The van der Waals surface area contributed by atoms with Crippen molar-refractivity contribution in [3.63, 3.8) is 0 Å². The Morgan fingerprint density at radius 1 is 0.778 bits per heavy atom. The third-order valence-corrected chi connectivity index (χ3v) is 5.19. The van der Waals surface area contributed by atoms with Gasteiger partial charge in [-0.05, 0) is 24.8 Å². The van der Waals surface area contributed by atoms with Gasteiger partial charge in [0.05, 0.1) is 13.2 Å². The number of hydrogen-bond acceptors (Lipinski definition) is 4. The van der Waals surface area contributed by atoms with Crippen molar-refractivity contribution in [2.45, 2.75) is 78.6 Å². The Morgan fingerprint density at radius 2 is 1.33 bits per heavy atom. The molecule has 1 aromatic rings. The Balaban J connectivity index is 2.44. The van der Waals surface area contributed by atoms with Gasteiger partial charge in [0.2, 0.25) is 0 Å². The molecule has 0 N–H and O–H groups in total. The van der Waals surface area contributed by atoms with Gasteiger partial charge in [-0.2, -0.15) is 0 Å². The molecule has 0 aliphatic rings. The maximum atomic E-state index is 12.6. The predicted molar refractivity (Wildman–Crippen MR) is 108 cm³/mol. The summed E-state index contributed by atoms with van der Waals surface area (Å²) in [6.07, 6.45) is 8.20. The highest BCUT2D eigenvalue weighted by Gasteiger charge is 2.45. The Bertz CT molecular complexity index is 535. The van der Waals surface area contributed by atoms with Gasteiger partial charge in [0.1, 0.15) is 0 Å². The summed E-state index contributed by atoms with van der Waals surface area (Å²) < 4.78 is 10.9. The van der Waals surface area contributed by atoms with Crippen molar-refractivity contribution in [3.8, 4) is 0 Å². The maximum Gasteiger partial charge on any atom is 0.323 e. The lowest BCUT2D eigenvalue weighted by Gasteiger charge is -2.27. The van der Waals surface area contributed by atoms with E-state index in [1.54, 1.807) is 0 Å². The zero-order chi connectivity index (χ0) is 20.0. The van der Waals surface area contributed by atoms with Gasteiger partial charge in [-0.25, -0.2) is 0 Å². The van der Waals surface area contributed by atoms with Gasteiger partial charge in [0.15, 0.2) is 5.41 Å². The molecule has 1 rings (SSSR count). The highest BCUT2D eigenvalue weighted by Crippen LogP contribution is 2.30. The fourth-order valence-corrected chi connectivity index (χ4v) is 3.14.